The standard InChI is InChI=1S/C16H24.2C12H16/c1-8-12-9-13(15(2,3)4)11-14(10-12)16(5,6)7;1-5-10-6-8-11(9-7-10)12(2,3)4;1-5-10-7-6-8-11(9-10)12(2,3)4/h8-11H,1H2,2-7H3;2*5-9H,1H2,2-4H3. The first kappa shape index (κ1) is 34.9. The highest BCUT2D eigenvalue weighted by Crippen LogP contribution is 2.30. The van der Waals surface area contributed by atoms with Crippen molar-refractivity contribution in [2.75, 3.05) is 0 Å². The molecule has 0 aliphatic rings. The second-order valence-electron chi connectivity index (χ2n) is 14.7. The molecule has 0 nitrogen and oxygen atoms in total. The van der Waals surface area contributed by atoms with Crippen molar-refractivity contribution in [2.45, 2.75) is 105 Å². The first-order valence-electron chi connectivity index (χ1n) is 14.5. The van der Waals surface area contributed by atoms with Gasteiger partial charge in [-0.2, -0.15) is 0 Å². The van der Waals surface area contributed by atoms with Crippen LogP contribution in [0.15, 0.2) is 86.5 Å². The lowest BCUT2D eigenvalue weighted by Gasteiger charge is -2.25. The van der Waals surface area contributed by atoms with Crippen LogP contribution in [0.1, 0.15) is 122 Å². The molecule has 0 heteroatoms. The summed E-state index contributed by atoms with van der Waals surface area (Å²) in [5.74, 6) is 0. The summed E-state index contributed by atoms with van der Waals surface area (Å²) in [5.41, 5.74) is 9.97. The molecule has 0 radical (unpaired) electrons. The molecule has 0 fully saturated rings. The third-order valence-electron chi connectivity index (χ3n) is 6.92. The highest BCUT2D eigenvalue weighted by molar-refractivity contribution is 5.52. The zero-order valence-corrected chi connectivity index (χ0v) is 27.7. The third-order valence-corrected chi connectivity index (χ3v) is 6.92. The molecule has 0 N–H and O–H groups in total. The van der Waals surface area contributed by atoms with Gasteiger partial charge in [0.1, 0.15) is 0 Å². The van der Waals surface area contributed by atoms with Crippen LogP contribution in [0, 0.1) is 0 Å². The average molecular weight is 537 g/mol. The molecule has 0 saturated carbocycles. The molecule has 0 saturated heterocycles. The van der Waals surface area contributed by atoms with E-state index in [0.717, 1.165) is 0 Å². The summed E-state index contributed by atoms with van der Waals surface area (Å²) in [7, 11) is 0. The van der Waals surface area contributed by atoms with Crippen LogP contribution in [0.2, 0.25) is 0 Å². The number of rotatable bonds is 3. The Morgan fingerprint density at radius 3 is 1.10 bits per heavy atom. The van der Waals surface area contributed by atoms with Crippen LogP contribution in [0.25, 0.3) is 18.2 Å². The van der Waals surface area contributed by atoms with E-state index in [2.05, 4.69) is 170 Å². The first-order chi connectivity index (χ1) is 18.2. The maximum atomic E-state index is 3.88. The van der Waals surface area contributed by atoms with Gasteiger partial charge >= 0.3 is 0 Å². The van der Waals surface area contributed by atoms with Gasteiger partial charge in [-0.3, -0.25) is 0 Å². The Bertz CT molecular complexity index is 1210. The van der Waals surface area contributed by atoms with E-state index >= 15 is 0 Å². The molecule has 0 atom stereocenters. The van der Waals surface area contributed by atoms with Gasteiger partial charge in [0.2, 0.25) is 0 Å². The Morgan fingerprint density at radius 1 is 0.375 bits per heavy atom. The van der Waals surface area contributed by atoms with E-state index in [4.69, 9.17) is 0 Å². The molecule has 0 unspecified atom stereocenters. The summed E-state index contributed by atoms with van der Waals surface area (Å²) >= 11 is 0. The highest BCUT2D eigenvalue weighted by atomic mass is 14.2. The summed E-state index contributed by atoms with van der Waals surface area (Å²) < 4.78 is 0. The Labute approximate surface area is 248 Å². The summed E-state index contributed by atoms with van der Waals surface area (Å²) in [6, 6.07) is 23.8. The minimum Gasteiger partial charge on any atom is -0.0985 e. The Morgan fingerprint density at radius 2 is 0.750 bits per heavy atom. The van der Waals surface area contributed by atoms with Crippen molar-refractivity contribution < 1.29 is 0 Å². The monoisotopic (exact) mass is 536 g/mol. The lowest BCUT2D eigenvalue weighted by atomic mass is 9.79. The number of hydrogen-bond acceptors (Lipinski definition) is 0. The smallest absolute Gasteiger partial charge is 0.0132 e. The summed E-state index contributed by atoms with van der Waals surface area (Å²) in [6.07, 6.45) is 5.69. The molecular formula is C40H56. The van der Waals surface area contributed by atoms with Crippen molar-refractivity contribution in [3.8, 4) is 0 Å². The van der Waals surface area contributed by atoms with Crippen molar-refractivity contribution >= 4 is 18.2 Å². The van der Waals surface area contributed by atoms with E-state index in [0.29, 0.717) is 0 Å². The van der Waals surface area contributed by atoms with Crippen LogP contribution in [-0.4, -0.2) is 0 Å². The largest absolute Gasteiger partial charge is 0.0985 e. The second kappa shape index (κ2) is 14.0. The van der Waals surface area contributed by atoms with E-state index < -0.39 is 0 Å². The summed E-state index contributed by atoms with van der Waals surface area (Å²) in [4.78, 5) is 0. The van der Waals surface area contributed by atoms with E-state index in [-0.39, 0.29) is 21.7 Å². The van der Waals surface area contributed by atoms with Crippen LogP contribution in [0.5, 0.6) is 0 Å². The third kappa shape index (κ3) is 11.5. The predicted molar refractivity (Wildman–Crippen MR) is 184 cm³/mol. The Balaban J connectivity index is 0.000000305. The topological polar surface area (TPSA) is 0 Å². The number of benzene rings is 3. The zero-order chi connectivity index (χ0) is 30.9. The van der Waals surface area contributed by atoms with E-state index in [9.17, 15) is 0 Å². The maximum Gasteiger partial charge on any atom is -0.0132 e. The molecule has 3 rings (SSSR count). The fraction of sp³-hybridized carbons (Fsp3) is 0.400. The quantitative estimate of drug-likeness (QED) is 0.312. The molecule has 0 amide bonds. The molecule has 3 aromatic rings. The molecule has 0 spiro atoms. The van der Waals surface area contributed by atoms with Gasteiger partial charge in [-0.05, 0) is 60.6 Å². The molecule has 0 aromatic heterocycles. The molecule has 216 valence electrons. The van der Waals surface area contributed by atoms with Crippen LogP contribution in [0.3, 0.4) is 0 Å². The van der Waals surface area contributed by atoms with Crippen molar-refractivity contribution in [3.63, 3.8) is 0 Å². The van der Waals surface area contributed by atoms with Gasteiger partial charge in [0.05, 0.1) is 0 Å². The summed E-state index contributed by atoms with van der Waals surface area (Å²) in [5, 5.41) is 0. The van der Waals surface area contributed by atoms with Gasteiger partial charge in [0.25, 0.3) is 0 Å². The Hall–Kier alpha value is -3.12. The van der Waals surface area contributed by atoms with Crippen LogP contribution < -0.4 is 0 Å². The first-order valence-corrected chi connectivity index (χ1v) is 14.5. The molecule has 0 aliphatic carbocycles. The minimum absolute atomic E-state index is 0.193. The molecule has 3 aromatic carbocycles. The maximum absolute atomic E-state index is 3.88. The Kier molecular flexibility index (Phi) is 12.2. The predicted octanol–water partition coefficient (Wildman–Crippen LogP) is 12.2. The van der Waals surface area contributed by atoms with Crippen molar-refractivity contribution in [3.05, 3.63) is 125 Å². The SMILES string of the molecule is C=Cc1cc(C(C)(C)C)cc(C(C)(C)C)c1.C=Cc1ccc(C(C)(C)C)cc1.C=Cc1cccc(C(C)(C)C)c1. The average Bonchev–Trinajstić information content (AvgIpc) is 2.87. The molecule has 0 aliphatic heterocycles. The normalized spacial score (nSPS) is 11.8. The van der Waals surface area contributed by atoms with Crippen molar-refractivity contribution in [1.82, 2.24) is 0 Å². The van der Waals surface area contributed by atoms with Gasteiger partial charge in [-0.25, -0.2) is 0 Å². The van der Waals surface area contributed by atoms with Gasteiger partial charge in [-0.1, -0.05) is 188 Å². The van der Waals surface area contributed by atoms with Gasteiger partial charge in [-0.15, -0.1) is 0 Å². The molecule has 40 heavy (non-hydrogen) atoms. The summed E-state index contributed by atoms with van der Waals surface area (Å²) in [6.45, 7) is 38.2. The van der Waals surface area contributed by atoms with Gasteiger partial charge in [0.15, 0.2) is 0 Å². The van der Waals surface area contributed by atoms with Crippen LogP contribution in [0.4, 0.5) is 0 Å². The van der Waals surface area contributed by atoms with Gasteiger partial charge in [0, 0.05) is 0 Å². The van der Waals surface area contributed by atoms with E-state index in [1.54, 1.807) is 0 Å². The van der Waals surface area contributed by atoms with Gasteiger partial charge < -0.3 is 0 Å². The molecule has 0 heterocycles. The van der Waals surface area contributed by atoms with Crippen LogP contribution >= 0.6 is 0 Å². The molecule has 0 bridgehead atoms. The zero-order valence-electron chi connectivity index (χ0n) is 27.7. The van der Waals surface area contributed by atoms with E-state index in [1.165, 1.54) is 38.9 Å². The second-order valence-corrected chi connectivity index (χ2v) is 14.7. The van der Waals surface area contributed by atoms with Crippen molar-refractivity contribution in [2.24, 2.45) is 0 Å². The van der Waals surface area contributed by atoms with Crippen molar-refractivity contribution in [1.29, 1.82) is 0 Å². The van der Waals surface area contributed by atoms with Crippen LogP contribution in [-0.2, 0) is 21.7 Å². The van der Waals surface area contributed by atoms with E-state index in [1.807, 2.05) is 18.2 Å². The highest BCUT2D eigenvalue weighted by Gasteiger charge is 2.20. The fourth-order valence-electron chi connectivity index (χ4n) is 3.89. The molecular weight excluding hydrogens is 480 g/mol. The number of hydrogen-bond donors (Lipinski definition) is 0. The fourth-order valence-corrected chi connectivity index (χ4v) is 3.89. The lowest BCUT2D eigenvalue weighted by molar-refractivity contribution is 0.568. The minimum atomic E-state index is 0.193. The lowest BCUT2D eigenvalue weighted by Crippen LogP contribution is -2.16.